The molecule has 0 radical (unpaired) electrons. The molecule has 2 heteroatoms. The molecule has 1 saturated heterocycles. The lowest BCUT2D eigenvalue weighted by atomic mass is 9.91. The first-order valence-electron chi connectivity index (χ1n) is 7.28. The zero-order valence-corrected chi connectivity index (χ0v) is 11.5. The summed E-state index contributed by atoms with van der Waals surface area (Å²) >= 11 is 0. The Morgan fingerprint density at radius 1 is 1.11 bits per heavy atom. The quantitative estimate of drug-likeness (QED) is 0.878. The molecule has 100 valence electrons. The van der Waals surface area contributed by atoms with Gasteiger partial charge in [0.05, 0.1) is 0 Å². The van der Waals surface area contributed by atoms with Crippen LogP contribution in [0.5, 0.6) is 0 Å². The van der Waals surface area contributed by atoms with Crippen LogP contribution in [-0.4, -0.2) is 19.6 Å². The van der Waals surface area contributed by atoms with E-state index in [-0.39, 0.29) is 0 Å². The fourth-order valence-corrected chi connectivity index (χ4v) is 3.16. The summed E-state index contributed by atoms with van der Waals surface area (Å²) in [4.78, 5) is 0. The number of benzene rings is 2. The van der Waals surface area contributed by atoms with Crippen molar-refractivity contribution in [2.45, 2.75) is 31.3 Å². The zero-order chi connectivity index (χ0) is 13.1. The first-order valence-corrected chi connectivity index (χ1v) is 7.28. The molecule has 1 heterocycles. The van der Waals surface area contributed by atoms with Gasteiger partial charge in [-0.25, -0.2) is 0 Å². The van der Waals surface area contributed by atoms with Gasteiger partial charge in [0.25, 0.3) is 0 Å². The summed E-state index contributed by atoms with van der Waals surface area (Å²) in [5, 5.41) is 9.79. The predicted octanol–water partition coefficient (Wildman–Crippen LogP) is 3.24. The molecule has 0 saturated carbocycles. The van der Waals surface area contributed by atoms with Crippen molar-refractivity contribution in [3.63, 3.8) is 0 Å². The fraction of sp³-hybridized carbons (Fsp3) is 0.412. The lowest BCUT2D eigenvalue weighted by Crippen LogP contribution is -2.43. The minimum Gasteiger partial charge on any atom is -0.312 e. The molecule has 2 N–H and O–H groups in total. The lowest BCUT2D eigenvalue weighted by molar-refractivity contribution is 0.326. The van der Waals surface area contributed by atoms with Gasteiger partial charge in [0.15, 0.2) is 0 Å². The SMILES string of the molecule is CNC(c1ccc2ccccc2c1)C1CCCCN1. The van der Waals surface area contributed by atoms with E-state index >= 15 is 0 Å². The molecule has 1 aliphatic heterocycles. The van der Waals surface area contributed by atoms with Crippen molar-refractivity contribution in [3.05, 3.63) is 48.0 Å². The highest BCUT2D eigenvalue weighted by atomic mass is 15.0. The molecule has 2 unspecified atom stereocenters. The van der Waals surface area contributed by atoms with Crippen molar-refractivity contribution < 1.29 is 0 Å². The monoisotopic (exact) mass is 254 g/mol. The molecule has 0 spiro atoms. The Morgan fingerprint density at radius 2 is 1.95 bits per heavy atom. The number of hydrogen-bond acceptors (Lipinski definition) is 2. The second-order valence-corrected chi connectivity index (χ2v) is 5.43. The van der Waals surface area contributed by atoms with Gasteiger partial charge in [-0.15, -0.1) is 0 Å². The van der Waals surface area contributed by atoms with E-state index in [2.05, 4.69) is 60.1 Å². The van der Waals surface area contributed by atoms with E-state index in [1.165, 1.54) is 35.6 Å². The maximum atomic E-state index is 3.65. The molecule has 19 heavy (non-hydrogen) atoms. The highest BCUT2D eigenvalue weighted by molar-refractivity contribution is 5.83. The molecule has 1 fully saturated rings. The molecular weight excluding hydrogens is 232 g/mol. The second-order valence-electron chi connectivity index (χ2n) is 5.43. The molecule has 0 amide bonds. The van der Waals surface area contributed by atoms with Gasteiger partial charge in [0.1, 0.15) is 0 Å². The van der Waals surface area contributed by atoms with Gasteiger partial charge >= 0.3 is 0 Å². The molecular formula is C17H22N2. The molecule has 2 atom stereocenters. The van der Waals surface area contributed by atoms with Crippen LogP contribution in [-0.2, 0) is 0 Å². The molecule has 2 aromatic carbocycles. The summed E-state index contributed by atoms with van der Waals surface area (Å²) < 4.78 is 0. The Labute approximate surface area is 115 Å². The van der Waals surface area contributed by atoms with Crippen LogP contribution in [0.2, 0.25) is 0 Å². The number of rotatable bonds is 3. The molecule has 0 bridgehead atoms. The topological polar surface area (TPSA) is 24.1 Å². The Balaban J connectivity index is 1.91. The normalized spacial score (nSPS) is 21.4. The van der Waals surface area contributed by atoms with Crippen molar-refractivity contribution in [1.29, 1.82) is 0 Å². The first kappa shape index (κ1) is 12.6. The van der Waals surface area contributed by atoms with Gasteiger partial charge in [-0.1, -0.05) is 42.8 Å². The van der Waals surface area contributed by atoms with Gasteiger partial charge in [-0.05, 0) is 48.8 Å². The smallest absolute Gasteiger partial charge is 0.0473 e. The van der Waals surface area contributed by atoms with Crippen LogP contribution in [0.1, 0.15) is 30.9 Å². The van der Waals surface area contributed by atoms with Gasteiger partial charge in [-0.2, -0.15) is 0 Å². The summed E-state index contributed by atoms with van der Waals surface area (Å²) in [5.41, 5.74) is 1.39. The van der Waals surface area contributed by atoms with E-state index < -0.39 is 0 Å². The third kappa shape index (κ3) is 2.65. The minimum absolute atomic E-state index is 0.407. The molecule has 2 nitrogen and oxygen atoms in total. The number of likely N-dealkylation sites (N-methyl/N-ethyl adjacent to an activating group) is 1. The van der Waals surface area contributed by atoms with Gasteiger partial charge in [-0.3, -0.25) is 0 Å². The average molecular weight is 254 g/mol. The standard InChI is InChI=1S/C17H22N2/c1-18-17(16-8-4-5-11-19-16)15-10-9-13-6-2-3-7-14(13)12-15/h2-3,6-7,9-10,12,16-19H,4-5,8,11H2,1H3. The Morgan fingerprint density at radius 3 is 2.68 bits per heavy atom. The Kier molecular flexibility index (Phi) is 3.81. The van der Waals surface area contributed by atoms with Crippen LogP contribution in [0.3, 0.4) is 0 Å². The highest BCUT2D eigenvalue weighted by Gasteiger charge is 2.23. The van der Waals surface area contributed by atoms with Crippen LogP contribution in [0.4, 0.5) is 0 Å². The van der Waals surface area contributed by atoms with E-state index in [1.807, 2.05) is 0 Å². The van der Waals surface area contributed by atoms with Crippen LogP contribution < -0.4 is 10.6 Å². The van der Waals surface area contributed by atoms with Crippen LogP contribution in [0, 0.1) is 0 Å². The highest BCUT2D eigenvalue weighted by Crippen LogP contribution is 2.25. The van der Waals surface area contributed by atoms with E-state index in [0.29, 0.717) is 12.1 Å². The molecule has 2 aromatic rings. The average Bonchev–Trinajstić information content (AvgIpc) is 2.49. The van der Waals surface area contributed by atoms with Crippen LogP contribution in [0.15, 0.2) is 42.5 Å². The summed E-state index contributed by atoms with van der Waals surface area (Å²) in [5.74, 6) is 0. The van der Waals surface area contributed by atoms with E-state index in [9.17, 15) is 0 Å². The zero-order valence-electron chi connectivity index (χ0n) is 11.5. The number of hydrogen-bond donors (Lipinski definition) is 2. The second kappa shape index (κ2) is 5.72. The van der Waals surface area contributed by atoms with E-state index in [4.69, 9.17) is 0 Å². The summed E-state index contributed by atoms with van der Waals surface area (Å²) in [6, 6.07) is 16.4. The van der Waals surface area contributed by atoms with Gasteiger partial charge in [0.2, 0.25) is 0 Å². The van der Waals surface area contributed by atoms with E-state index in [0.717, 1.165) is 6.54 Å². The number of nitrogens with one attached hydrogen (secondary N) is 2. The predicted molar refractivity (Wildman–Crippen MR) is 81.4 cm³/mol. The third-order valence-corrected chi connectivity index (χ3v) is 4.19. The Bertz CT molecular complexity index is 544. The van der Waals surface area contributed by atoms with Crippen molar-refractivity contribution in [1.82, 2.24) is 10.6 Å². The Hall–Kier alpha value is -1.38. The van der Waals surface area contributed by atoms with E-state index in [1.54, 1.807) is 0 Å². The number of fused-ring (bicyclic) bond motifs is 1. The van der Waals surface area contributed by atoms with Crippen molar-refractivity contribution >= 4 is 10.8 Å². The van der Waals surface area contributed by atoms with Crippen LogP contribution in [0.25, 0.3) is 10.8 Å². The van der Waals surface area contributed by atoms with Gasteiger partial charge in [0, 0.05) is 12.1 Å². The fourth-order valence-electron chi connectivity index (χ4n) is 3.16. The largest absolute Gasteiger partial charge is 0.312 e. The van der Waals surface area contributed by atoms with Crippen molar-refractivity contribution in [2.75, 3.05) is 13.6 Å². The minimum atomic E-state index is 0.407. The maximum absolute atomic E-state index is 3.65. The molecule has 1 aliphatic rings. The summed E-state index contributed by atoms with van der Waals surface area (Å²) in [6.45, 7) is 1.15. The molecule has 3 rings (SSSR count). The lowest BCUT2D eigenvalue weighted by Gasteiger charge is -2.31. The van der Waals surface area contributed by atoms with Crippen LogP contribution >= 0.6 is 0 Å². The first-order chi connectivity index (χ1) is 9.38. The van der Waals surface area contributed by atoms with Crippen molar-refractivity contribution in [3.8, 4) is 0 Å². The van der Waals surface area contributed by atoms with Crippen molar-refractivity contribution in [2.24, 2.45) is 0 Å². The summed E-state index contributed by atoms with van der Waals surface area (Å²) in [6.07, 6.45) is 3.91. The number of piperidine rings is 1. The maximum Gasteiger partial charge on any atom is 0.0473 e. The third-order valence-electron chi connectivity index (χ3n) is 4.19. The molecule has 0 aliphatic carbocycles. The molecule has 0 aromatic heterocycles. The summed E-state index contributed by atoms with van der Waals surface area (Å²) in [7, 11) is 2.07. The van der Waals surface area contributed by atoms with Gasteiger partial charge < -0.3 is 10.6 Å².